The number of hydrogen-bond acceptors (Lipinski definition) is 3. The van der Waals surface area contributed by atoms with E-state index in [1.165, 1.54) is 16.1 Å². The standard InChI is InChI=1S/C21H23ClN2O3S/c1-28(26,27)23-12-4-11-21(15-23)13-17-5-2-3-6-18(17)14-24(21)20(25)16-7-9-19(22)10-8-16/h2-3,5-10H,4,11-15H2,1H3. The molecule has 0 N–H and O–H groups in total. The normalized spacial score (nSPS) is 24.6. The third-order valence-corrected chi connectivity index (χ3v) is 7.37. The number of sulfonamides is 1. The highest BCUT2D eigenvalue weighted by Crippen LogP contribution is 2.39. The molecule has 2 aromatic carbocycles. The van der Waals surface area contributed by atoms with E-state index in [2.05, 4.69) is 6.07 Å². The molecule has 4 rings (SSSR count). The molecule has 2 heterocycles. The molecule has 2 unspecified atom stereocenters. The molecule has 28 heavy (non-hydrogen) atoms. The lowest BCUT2D eigenvalue weighted by Crippen LogP contribution is -2.64. The molecule has 1 spiro atoms. The molecular formula is C21H23ClN2O3S. The molecule has 2 atom stereocenters. The summed E-state index contributed by atoms with van der Waals surface area (Å²) in [6.07, 6.45) is 3.43. The number of carbonyl (C=O) groups excluding carboxylic acids is 1. The quantitative estimate of drug-likeness (QED) is 0.700. The average Bonchev–Trinajstić information content (AvgIpc) is 2.67. The molecule has 2 aromatic rings. The van der Waals surface area contributed by atoms with E-state index in [9.17, 15) is 13.6 Å². The summed E-state index contributed by atoms with van der Waals surface area (Å²) in [5.41, 5.74) is 2.34. The molecule has 1 fully saturated rings. The number of hydrogen-bond donors (Lipinski definition) is 0. The molecule has 1 saturated heterocycles. The van der Waals surface area contributed by atoms with Crippen molar-refractivity contribution >= 4 is 27.9 Å². The Hall–Kier alpha value is -1.73. The highest BCUT2D eigenvalue weighted by atomic mass is 35.5. The van der Waals surface area contributed by atoms with Crippen molar-refractivity contribution in [2.45, 2.75) is 31.3 Å². The summed E-state index contributed by atoms with van der Waals surface area (Å²) >= 11 is 5.98. The Bertz CT molecular complexity index is 943. The number of nitrogens with zero attached hydrogens (tertiary/aromatic N) is 2. The first-order chi connectivity index (χ1) is 13.3. The van der Waals surface area contributed by atoms with Gasteiger partial charge < -0.3 is 9.45 Å². The van der Waals surface area contributed by atoms with Crippen molar-refractivity contribution in [3.05, 3.63) is 70.2 Å². The van der Waals surface area contributed by atoms with Crippen LogP contribution in [0.2, 0.25) is 5.02 Å². The number of amides is 1. The zero-order valence-electron chi connectivity index (χ0n) is 15.8. The van der Waals surface area contributed by atoms with Gasteiger partial charge in [0.25, 0.3) is 5.91 Å². The fourth-order valence-electron chi connectivity index (χ4n) is 4.43. The smallest absolute Gasteiger partial charge is 0.254 e. The van der Waals surface area contributed by atoms with Crippen LogP contribution in [0, 0.1) is 0 Å². The highest BCUT2D eigenvalue weighted by Gasteiger charge is 2.48. The molecule has 0 aromatic heterocycles. The Morgan fingerprint density at radius 3 is 2.50 bits per heavy atom. The molecule has 2 aliphatic heterocycles. The highest BCUT2D eigenvalue weighted by molar-refractivity contribution is 7.94. The van der Waals surface area contributed by atoms with Gasteiger partial charge in [0.1, 0.15) is 16.7 Å². The van der Waals surface area contributed by atoms with Crippen LogP contribution in [0.3, 0.4) is 0 Å². The second-order valence-corrected chi connectivity index (χ2v) is 10.2. The van der Waals surface area contributed by atoms with Crippen LogP contribution in [-0.4, -0.2) is 44.5 Å². The third-order valence-electron chi connectivity index (χ3n) is 5.86. The van der Waals surface area contributed by atoms with Crippen LogP contribution in [0.25, 0.3) is 0 Å². The lowest BCUT2D eigenvalue weighted by molar-refractivity contribution is 0.0166. The van der Waals surface area contributed by atoms with E-state index in [0.717, 1.165) is 18.4 Å². The number of benzene rings is 2. The van der Waals surface area contributed by atoms with E-state index in [4.69, 9.17) is 11.6 Å². The van der Waals surface area contributed by atoms with E-state index in [-0.39, 0.29) is 5.91 Å². The molecule has 0 bridgehead atoms. The van der Waals surface area contributed by atoms with Crippen LogP contribution >= 0.6 is 11.6 Å². The van der Waals surface area contributed by atoms with Gasteiger partial charge in [0.2, 0.25) is 0 Å². The van der Waals surface area contributed by atoms with Gasteiger partial charge in [-0.1, -0.05) is 40.1 Å². The first kappa shape index (κ1) is 19.6. The van der Waals surface area contributed by atoms with Crippen molar-refractivity contribution in [1.29, 1.82) is 0 Å². The molecule has 0 aliphatic carbocycles. The monoisotopic (exact) mass is 418 g/mol. The predicted molar refractivity (Wildman–Crippen MR) is 110 cm³/mol. The van der Waals surface area contributed by atoms with Gasteiger partial charge in [0, 0.05) is 23.7 Å². The first-order valence-electron chi connectivity index (χ1n) is 9.38. The van der Waals surface area contributed by atoms with Gasteiger partial charge in [0.05, 0.1) is 12.1 Å². The third kappa shape index (κ3) is 3.62. The van der Waals surface area contributed by atoms with Gasteiger partial charge >= 0.3 is 0 Å². The van der Waals surface area contributed by atoms with Gasteiger partial charge in [-0.05, 0) is 54.7 Å². The zero-order chi connectivity index (χ0) is 19.9. The molecular weight excluding hydrogens is 396 g/mol. The van der Waals surface area contributed by atoms with Gasteiger partial charge in [-0.3, -0.25) is 4.79 Å². The topological polar surface area (TPSA) is 63.7 Å². The summed E-state index contributed by atoms with van der Waals surface area (Å²) < 4.78 is 26.0. The maximum Gasteiger partial charge on any atom is 0.254 e. The Balaban J connectivity index is 1.75. The fourth-order valence-corrected chi connectivity index (χ4v) is 5.49. The van der Waals surface area contributed by atoms with Crippen molar-refractivity contribution in [3.63, 3.8) is 0 Å². The van der Waals surface area contributed by atoms with E-state index in [0.29, 0.717) is 36.6 Å². The average molecular weight is 419 g/mol. The van der Waals surface area contributed by atoms with Crippen molar-refractivity contribution < 1.29 is 13.6 Å². The molecule has 1 amide bonds. The lowest BCUT2D eigenvalue weighted by Gasteiger charge is -2.52. The zero-order valence-corrected chi connectivity index (χ0v) is 17.3. The molecule has 0 radical (unpaired) electrons. The summed E-state index contributed by atoms with van der Waals surface area (Å²) in [6, 6.07) is 15.0. The van der Waals surface area contributed by atoms with Gasteiger partial charge in [-0.2, -0.15) is 0 Å². The minimum Gasteiger partial charge on any atom is -0.598 e. The Kier molecular flexibility index (Phi) is 5.08. The lowest BCUT2D eigenvalue weighted by atomic mass is 9.77. The Morgan fingerprint density at radius 1 is 1.14 bits per heavy atom. The summed E-state index contributed by atoms with van der Waals surface area (Å²) in [5, 5.41) is 0.580. The summed E-state index contributed by atoms with van der Waals surface area (Å²) in [4.78, 5) is 15.4. The first-order valence-corrected chi connectivity index (χ1v) is 11.6. The molecule has 7 heteroatoms. The van der Waals surface area contributed by atoms with Gasteiger partial charge in [-0.25, -0.2) is 0 Å². The van der Waals surface area contributed by atoms with Gasteiger partial charge in [-0.15, -0.1) is 4.31 Å². The molecule has 5 nitrogen and oxygen atoms in total. The molecule has 0 saturated carbocycles. The van der Waals surface area contributed by atoms with Crippen LogP contribution in [0.1, 0.15) is 34.3 Å². The number of carbonyl (C=O) groups is 1. The predicted octanol–water partition coefficient (Wildman–Crippen LogP) is 3.55. The number of rotatable bonds is 2. The van der Waals surface area contributed by atoms with E-state index < -0.39 is 15.9 Å². The van der Waals surface area contributed by atoms with E-state index in [1.54, 1.807) is 24.3 Å². The molecule has 2 aliphatic rings. The molecule has 148 valence electrons. The van der Waals surface area contributed by atoms with Crippen LogP contribution < -0.4 is 0 Å². The van der Waals surface area contributed by atoms with E-state index in [1.807, 2.05) is 23.1 Å². The van der Waals surface area contributed by atoms with Gasteiger partial charge in [0.15, 0.2) is 0 Å². The minimum absolute atomic E-state index is 0.0819. The van der Waals surface area contributed by atoms with Crippen molar-refractivity contribution in [1.82, 2.24) is 9.21 Å². The minimum atomic E-state index is -3.32. The number of fused-ring (bicyclic) bond motifs is 1. The van der Waals surface area contributed by atoms with Crippen molar-refractivity contribution in [3.8, 4) is 0 Å². The van der Waals surface area contributed by atoms with E-state index >= 15 is 0 Å². The maximum absolute atomic E-state index is 13.5. The van der Waals surface area contributed by atoms with Crippen LogP contribution in [0.4, 0.5) is 0 Å². The van der Waals surface area contributed by atoms with Crippen LogP contribution in [0.5, 0.6) is 0 Å². The summed E-state index contributed by atoms with van der Waals surface area (Å²) in [6.45, 7) is 1.32. The summed E-state index contributed by atoms with van der Waals surface area (Å²) in [5.74, 6) is -0.0819. The van der Waals surface area contributed by atoms with Crippen molar-refractivity contribution in [2.24, 2.45) is 0 Å². The fraction of sp³-hybridized carbons (Fsp3) is 0.381. The van der Waals surface area contributed by atoms with Crippen molar-refractivity contribution in [2.75, 3.05) is 19.3 Å². The second-order valence-electron chi connectivity index (χ2n) is 7.77. The summed E-state index contributed by atoms with van der Waals surface area (Å²) in [7, 11) is -3.32. The number of halogens is 1. The largest absolute Gasteiger partial charge is 0.598 e. The Labute approximate surface area is 171 Å². The Morgan fingerprint density at radius 2 is 1.82 bits per heavy atom. The second kappa shape index (κ2) is 7.26. The SMILES string of the molecule is C[S+](=O)([O-])N1CCCC2(Cc3ccccc3CN2C(=O)c2ccc(Cl)cc2)C1. The van der Waals surface area contributed by atoms with Crippen LogP contribution in [-0.2, 0) is 27.6 Å². The maximum atomic E-state index is 13.5. The number of piperidine rings is 1. The van der Waals surface area contributed by atoms with Crippen LogP contribution in [0.15, 0.2) is 48.5 Å².